The third-order valence-electron chi connectivity index (χ3n) is 3.67. The van der Waals surface area contributed by atoms with E-state index < -0.39 is 18.2 Å². The molecule has 2 aromatic carbocycles. The van der Waals surface area contributed by atoms with Gasteiger partial charge >= 0.3 is 5.97 Å². The first-order valence-corrected chi connectivity index (χ1v) is 8.53. The number of rotatable bonds is 9. The molecule has 0 amide bonds. The zero-order chi connectivity index (χ0) is 18.9. The number of carbonyl (C=O) groups excluding carboxylic acids is 1. The first-order valence-electron chi connectivity index (χ1n) is 8.53. The number of benzene rings is 2. The van der Waals surface area contributed by atoms with E-state index in [1.54, 1.807) is 25.1 Å². The average molecular weight is 360 g/mol. The van der Waals surface area contributed by atoms with E-state index in [0.29, 0.717) is 30.3 Å². The zero-order valence-electron chi connectivity index (χ0n) is 14.9. The van der Waals surface area contributed by atoms with Gasteiger partial charge < -0.3 is 24.4 Å². The highest BCUT2D eigenvalue weighted by Crippen LogP contribution is 2.32. The highest BCUT2D eigenvalue weighted by molar-refractivity contribution is 5.75. The van der Waals surface area contributed by atoms with Crippen molar-refractivity contribution in [3.8, 4) is 11.5 Å². The van der Waals surface area contributed by atoms with E-state index in [1.807, 2.05) is 37.3 Å². The van der Waals surface area contributed by atoms with E-state index >= 15 is 0 Å². The van der Waals surface area contributed by atoms with Crippen LogP contribution in [0.15, 0.2) is 48.5 Å². The summed E-state index contributed by atoms with van der Waals surface area (Å²) in [7, 11) is 0. The third-order valence-corrected chi connectivity index (χ3v) is 3.67. The van der Waals surface area contributed by atoms with Crippen LogP contribution in [0.1, 0.15) is 31.1 Å². The molecule has 0 fully saturated rings. The summed E-state index contributed by atoms with van der Waals surface area (Å²) in [6.07, 6.45) is -3.09. The minimum Gasteiger partial charge on any atom is -0.490 e. The van der Waals surface area contributed by atoms with Gasteiger partial charge in [-0.05, 0) is 37.1 Å². The number of ether oxygens (including phenoxy) is 3. The van der Waals surface area contributed by atoms with Gasteiger partial charge in [-0.1, -0.05) is 36.4 Å². The molecule has 0 radical (unpaired) electrons. The third kappa shape index (κ3) is 5.21. The van der Waals surface area contributed by atoms with Crippen LogP contribution in [0.4, 0.5) is 0 Å². The Morgan fingerprint density at radius 1 is 0.962 bits per heavy atom. The number of esters is 1. The monoisotopic (exact) mass is 360 g/mol. The first kappa shape index (κ1) is 19.8. The van der Waals surface area contributed by atoms with Gasteiger partial charge in [0.15, 0.2) is 17.6 Å². The van der Waals surface area contributed by atoms with Crippen molar-refractivity contribution in [3.05, 3.63) is 59.7 Å². The van der Waals surface area contributed by atoms with E-state index in [0.717, 1.165) is 5.56 Å². The van der Waals surface area contributed by atoms with Gasteiger partial charge in [-0.15, -0.1) is 0 Å². The van der Waals surface area contributed by atoms with E-state index in [2.05, 4.69) is 0 Å². The minimum atomic E-state index is -1.67. The second-order valence-corrected chi connectivity index (χ2v) is 5.56. The molecule has 26 heavy (non-hydrogen) atoms. The summed E-state index contributed by atoms with van der Waals surface area (Å²) in [6, 6.07) is 14.5. The van der Waals surface area contributed by atoms with Gasteiger partial charge in [-0.3, -0.25) is 0 Å². The van der Waals surface area contributed by atoms with E-state index in [9.17, 15) is 15.0 Å². The lowest BCUT2D eigenvalue weighted by Crippen LogP contribution is -2.29. The van der Waals surface area contributed by atoms with Crippen molar-refractivity contribution in [2.45, 2.75) is 32.7 Å². The number of hydrogen-bond donors (Lipinski definition) is 2. The quantitative estimate of drug-likeness (QED) is 0.669. The van der Waals surface area contributed by atoms with Crippen LogP contribution in [0.5, 0.6) is 11.5 Å². The fourth-order valence-corrected chi connectivity index (χ4v) is 2.37. The van der Waals surface area contributed by atoms with Crippen molar-refractivity contribution >= 4 is 5.97 Å². The molecule has 0 aliphatic rings. The standard InChI is InChI=1S/C20H24O6/c1-3-24-17-12-15(18(21)19(22)20(23)25-4-2)10-11-16(17)26-13-14-8-6-5-7-9-14/h5-12,18-19,21-22H,3-4,13H2,1-2H3. The highest BCUT2D eigenvalue weighted by Gasteiger charge is 2.27. The topological polar surface area (TPSA) is 85.2 Å². The van der Waals surface area contributed by atoms with Crippen LogP contribution in [-0.2, 0) is 16.1 Å². The Bertz CT molecular complexity index is 701. The van der Waals surface area contributed by atoms with Gasteiger partial charge in [-0.2, -0.15) is 0 Å². The van der Waals surface area contributed by atoms with Crippen molar-refractivity contribution in [2.75, 3.05) is 13.2 Å². The van der Waals surface area contributed by atoms with Crippen LogP contribution in [0.25, 0.3) is 0 Å². The number of carbonyl (C=O) groups is 1. The molecule has 0 aliphatic carbocycles. The number of aliphatic hydroxyl groups excluding tert-OH is 2. The fraction of sp³-hybridized carbons (Fsp3) is 0.350. The molecule has 0 bridgehead atoms. The Morgan fingerprint density at radius 2 is 1.69 bits per heavy atom. The van der Waals surface area contributed by atoms with Crippen molar-refractivity contribution in [1.29, 1.82) is 0 Å². The summed E-state index contributed by atoms with van der Waals surface area (Å²) >= 11 is 0. The normalized spacial score (nSPS) is 12.9. The Labute approximate surface area is 152 Å². The van der Waals surface area contributed by atoms with E-state index in [4.69, 9.17) is 14.2 Å². The van der Waals surface area contributed by atoms with Crippen molar-refractivity contribution < 1.29 is 29.2 Å². The van der Waals surface area contributed by atoms with Crippen LogP contribution >= 0.6 is 0 Å². The minimum absolute atomic E-state index is 0.124. The Hall–Kier alpha value is -2.57. The molecule has 0 saturated carbocycles. The summed E-state index contributed by atoms with van der Waals surface area (Å²) in [6.45, 7) is 4.36. The van der Waals surface area contributed by atoms with Crippen molar-refractivity contribution in [1.82, 2.24) is 0 Å². The summed E-state index contributed by atoms with van der Waals surface area (Å²) in [5.74, 6) is 0.0654. The van der Waals surface area contributed by atoms with E-state index in [-0.39, 0.29) is 6.61 Å². The smallest absolute Gasteiger partial charge is 0.338 e. The van der Waals surface area contributed by atoms with Crippen LogP contribution in [0, 0.1) is 0 Å². The summed E-state index contributed by atoms with van der Waals surface area (Å²) in [4.78, 5) is 11.6. The first-order chi connectivity index (χ1) is 12.6. The molecule has 0 saturated heterocycles. The van der Waals surface area contributed by atoms with Crippen LogP contribution < -0.4 is 9.47 Å². The Morgan fingerprint density at radius 3 is 2.35 bits per heavy atom. The average Bonchev–Trinajstić information content (AvgIpc) is 2.67. The molecule has 6 heteroatoms. The molecule has 0 aromatic heterocycles. The zero-order valence-corrected chi connectivity index (χ0v) is 14.9. The lowest BCUT2D eigenvalue weighted by Gasteiger charge is -2.19. The van der Waals surface area contributed by atoms with Gasteiger partial charge in [-0.25, -0.2) is 4.79 Å². The molecule has 0 aliphatic heterocycles. The summed E-state index contributed by atoms with van der Waals surface area (Å²) in [5, 5.41) is 20.1. The van der Waals surface area contributed by atoms with Crippen LogP contribution in [0.2, 0.25) is 0 Å². The van der Waals surface area contributed by atoms with Crippen molar-refractivity contribution in [2.24, 2.45) is 0 Å². The van der Waals surface area contributed by atoms with Gasteiger partial charge in [0, 0.05) is 0 Å². The summed E-state index contributed by atoms with van der Waals surface area (Å²) in [5.41, 5.74) is 1.35. The SMILES string of the molecule is CCOC(=O)C(O)C(O)c1ccc(OCc2ccccc2)c(OCC)c1. The highest BCUT2D eigenvalue weighted by atomic mass is 16.5. The van der Waals surface area contributed by atoms with Gasteiger partial charge in [0.05, 0.1) is 13.2 Å². The lowest BCUT2D eigenvalue weighted by molar-refractivity contribution is -0.159. The second kappa shape index (κ2) is 9.79. The van der Waals surface area contributed by atoms with Gasteiger partial charge in [0.2, 0.25) is 0 Å². The molecule has 6 nitrogen and oxygen atoms in total. The molecule has 2 aromatic rings. The largest absolute Gasteiger partial charge is 0.490 e. The van der Waals surface area contributed by atoms with Crippen LogP contribution in [-0.4, -0.2) is 35.5 Å². The Kier molecular flexibility index (Phi) is 7.44. The van der Waals surface area contributed by atoms with E-state index in [1.165, 1.54) is 0 Å². The molecular formula is C20H24O6. The lowest BCUT2D eigenvalue weighted by atomic mass is 10.0. The maximum Gasteiger partial charge on any atom is 0.338 e. The maximum absolute atomic E-state index is 11.6. The molecular weight excluding hydrogens is 336 g/mol. The number of aliphatic hydroxyl groups is 2. The van der Waals surface area contributed by atoms with Crippen LogP contribution in [0.3, 0.4) is 0 Å². The second-order valence-electron chi connectivity index (χ2n) is 5.56. The predicted molar refractivity (Wildman–Crippen MR) is 96.0 cm³/mol. The molecule has 140 valence electrons. The summed E-state index contributed by atoms with van der Waals surface area (Å²) < 4.78 is 16.1. The molecule has 2 atom stereocenters. The predicted octanol–water partition coefficient (Wildman–Crippen LogP) is 2.62. The maximum atomic E-state index is 11.6. The van der Waals surface area contributed by atoms with Gasteiger partial charge in [0.25, 0.3) is 0 Å². The molecule has 0 spiro atoms. The van der Waals surface area contributed by atoms with Crippen molar-refractivity contribution in [3.63, 3.8) is 0 Å². The Balaban J connectivity index is 2.15. The molecule has 0 heterocycles. The fourth-order valence-electron chi connectivity index (χ4n) is 2.37. The molecule has 2 rings (SSSR count). The molecule has 2 N–H and O–H groups in total. The molecule has 2 unspecified atom stereocenters. The van der Waals surface area contributed by atoms with Gasteiger partial charge in [0.1, 0.15) is 12.7 Å². The number of hydrogen-bond acceptors (Lipinski definition) is 6.